The Labute approximate surface area is 156 Å². The highest BCUT2D eigenvalue weighted by molar-refractivity contribution is 7.90. The number of carbonyl (C=O) groups is 1. The number of aromatic amines is 1. The third kappa shape index (κ3) is 3.74. The van der Waals surface area contributed by atoms with Crippen molar-refractivity contribution in [1.29, 1.82) is 0 Å². The summed E-state index contributed by atoms with van der Waals surface area (Å²) >= 11 is 0. The maximum atomic E-state index is 13.2. The fourth-order valence-corrected chi connectivity index (χ4v) is 3.56. The minimum absolute atomic E-state index is 0.226. The smallest absolute Gasteiger partial charge is 0.450 e. The maximum absolute atomic E-state index is 13.2. The van der Waals surface area contributed by atoms with E-state index in [0.717, 1.165) is 19.2 Å². The van der Waals surface area contributed by atoms with Crippen LogP contribution < -0.4 is 0 Å². The van der Waals surface area contributed by atoms with Crippen LogP contribution in [0.15, 0.2) is 63.2 Å². The zero-order valence-corrected chi connectivity index (χ0v) is 15.0. The number of alkyl halides is 3. The summed E-state index contributed by atoms with van der Waals surface area (Å²) < 4.78 is 71.7. The van der Waals surface area contributed by atoms with E-state index in [2.05, 4.69) is 19.4 Å². The van der Waals surface area contributed by atoms with Crippen molar-refractivity contribution in [1.82, 2.24) is 4.98 Å². The van der Waals surface area contributed by atoms with Crippen LogP contribution in [0, 0.1) is 0 Å². The van der Waals surface area contributed by atoms with Crippen LogP contribution in [-0.4, -0.2) is 26.6 Å². The summed E-state index contributed by atoms with van der Waals surface area (Å²) in [6.07, 6.45) is -4.54. The first-order valence-electron chi connectivity index (χ1n) is 7.67. The number of H-pyrrole nitrogens is 1. The zero-order valence-electron chi connectivity index (χ0n) is 14.2. The molecule has 146 valence electrons. The number of nitrogens with one attached hydrogen (secondary N) is 1. The fraction of sp³-hybridized carbons (Fsp3) is 0.118. The van der Waals surface area contributed by atoms with Crippen LogP contribution >= 0.6 is 0 Å². The second-order valence-corrected chi connectivity index (χ2v) is 7.14. The van der Waals surface area contributed by atoms with Crippen molar-refractivity contribution >= 4 is 27.0 Å². The van der Waals surface area contributed by atoms with Crippen LogP contribution in [0.25, 0.3) is 22.0 Å². The van der Waals surface area contributed by atoms with Crippen LogP contribution in [-0.2, 0) is 20.9 Å². The quantitative estimate of drug-likeness (QED) is 0.628. The summed E-state index contributed by atoms with van der Waals surface area (Å²) in [5, 5.41) is 3.41. The molecule has 3 aromatic rings. The SMILES string of the molecule is COC(=O)/N=N/S(=O)(=O)c1ccc(C(F)(F)F)cc1-c1c[nH]c2ccccc12. The molecular formula is C17H12F3N3O4S. The van der Waals surface area contributed by atoms with Crippen molar-refractivity contribution in [2.75, 3.05) is 7.11 Å². The molecule has 28 heavy (non-hydrogen) atoms. The fourth-order valence-electron chi connectivity index (χ4n) is 2.61. The number of sulfonamides is 1. The molecular weight excluding hydrogens is 399 g/mol. The first-order chi connectivity index (χ1) is 13.1. The third-order valence-corrected chi connectivity index (χ3v) is 5.08. The Kier molecular flexibility index (Phi) is 4.94. The Hall–Kier alpha value is -3.21. The van der Waals surface area contributed by atoms with Gasteiger partial charge in [-0.1, -0.05) is 23.3 Å². The number of amides is 1. The number of halogens is 3. The molecule has 1 amide bonds. The second-order valence-electron chi connectivity index (χ2n) is 5.58. The number of para-hydroxylation sites is 1. The van der Waals surface area contributed by atoms with Crippen molar-refractivity contribution in [3.05, 3.63) is 54.2 Å². The average Bonchev–Trinajstić information content (AvgIpc) is 3.09. The van der Waals surface area contributed by atoms with Gasteiger partial charge >= 0.3 is 22.3 Å². The summed E-state index contributed by atoms with van der Waals surface area (Å²) in [5.74, 6) is 0. The van der Waals surface area contributed by atoms with Gasteiger partial charge in [-0.05, 0) is 28.8 Å². The van der Waals surface area contributed by atoms with Gasteiger partial charge in [0.05, 0.1) is 17.6 Å². The maximum Gasteiger partial charge on any atom is 0.452 e. The predicted molar refractivity (Wildman–Crippen MR) is 93.2 cm³/mol. The Morgan fingerprint density at radius 2 is 1.82 bits per heavy atom. The van der Waals surface area contributed by atoms with Gasteiger partial charge in [-0.15, -0.1) is 0 Å². The van der Waals surface area contributed by atoms with E-state index in [-0.39, 0.29) is 11.1 Å². The Morgan fingerprint density at radius 1 is 1.11 bits per heavy atom. The van der Waals surface area contributed by atoms with Crippen molar-refractivity contribution in [2.45, 2.75) is 11.1 Å². The number of nitrogens with zero attached hydrogens (tertiary/aromatic N) is 2. The number of methoxy groups -OCH3 is 1. The molecule has 1 aromatic heterocycles. The van der Waals surface area contributed by atoms with Gasteiger partial charge in [-0.25, -0.2) is 4.79 Å². The molecule has 0 saturated carbocycles. The van der Waals surface area contributed by atoms with Gasteiger partial charge < -0.3 is 9.72 Å². The Balaban J connectivity index is 2.27. The van der Waals surface area contributed by atoms with E-state index in [1.165, 1.54) is 6.20 Å². The highest BCUT2D eigenvalue weighted by Gasteiger charge is 2.33. The molecule has 0 bridgehead atoms. The van der Waals surface area contributed by atoms with Gasteiger partial charge in [-0.2, -0.15) is 21.6 Å². The molecule has 0 aliphatic carbocycles. The lowest BCUT2D eigenvalue weighted by Gasteiger charge is -2.12. The molecule has 0 saturated heterocycles. The predicted octanol–water partition coefficient (Wildman–Crippen LogP) is 4.76. The molecule has 7 nitrogen and oxygen atoms in total. The highest BCUT2D eigenvalue weighted by Crippen LogP contribution is 2.38. The Morgan fingerprint density at radius 3 is 2.50 bits per heavy atom. The summed E-state index contributed by atoms with van der Waals surface area (Å²) in [7, 11) is -3.60. The van der Waals surface area contributed by atoms with Crippen LogP contribution in [0.2, 0.25) is 0 Å². The lowest BCUT2D eigenvalue weighted by Crippen LogP contribution is -2.07. The van der Waals surface area contributed by atoms with Gasteiger partial charge in [0, 0.05) is 28.2 Å². The molecule has 0 spiro atoms. The van der Waals surface area contributed by atoms with Crippen molar-refractivity contribution in [2.24, 2.45) is 9.63 Å². The van der Waals surface area contributed by atoms with E-state index < -0.39 is 32.8 Å². The standard InChI is InChI=1S/C17H12F3N3O4S/c1-27-16(24)22-23-28(25,26)15-7-6-10(17(18,19)20)8-12(15)13-9-21-14-5-3-2-4-11(13)14/h2-9,21H,1H3/b23-22+. The monoisotopic (exact) mass is 411 g/mol. The van der Waals surface area contributed by atoms with Gasteiger partial charge in [0.15, 0.2) is 0 Å². The van der Waals surface area contributed by atoms with E-state index in [1.807, 2.05) is 0 Å². The average molecular weight is 411 g/mol. The number of ether oxygens (including phenoxy) is 1. The number of carbonyl (C=O) groups excluding carboxylic acids is 1. The highest BCUT2D eigenvalue weighted by atomic mass is 32.2. The number of hydrogen-bond donors (Lipinski definition) is 1. The van der Waals surface area contributed by atoms with Gasteiger partial charge in [-0.3, -0.25) is 0 Å². The minimum atomic E-state index is -4.68. The van der Waals surface area contributed by atoms with Crippen LogP contribution in [0.3, 0.4) is 0 Å². The van der Waals surface area contributed by atoms with Gasteiger partial charge in [0.25, 0.3) is 0 Å². The number of fused-ring (bicyclic) bond motifs is 1. The number of rotatable bonds is 3. The summed E-state index contributed by atoms with van der Waals surface area (Å²) in [5.41, 5.74) is -0.421. The third-order valence-electron chi connectivity index (χ3n) is 3.87. The van der Waals surface area contributed by atoms with Crippen LogP contribution in [0.5, 0.6) is 0 Å². The van der Waals surface area contributed by atoms with Gasteiger partial charge in [0.2, 0.25) is 0 Å². The molecule has 2 aromatic carbocycles. The molecule has 1 N–H and O–H groups in total. The lowest BCUT2D eigenvalue weighted by molar-refractivity contribution is -0.137. The van der Waals surface area contributed by atoms with Crippen molar-refractivity contribution in [3.8, 4) is 11.1 Å². The molecule has 0 aliphatic rings. The van der Waals surface area contributed by atoms with Crippen LogP contribution in [0.4, 0.5) is 18.0 Å². The van der Waals surface area contributed by atoms with E-state index >= 15 is 0 Å². The molecule has 11 heteroatoms. The van der Waals surface area contributed by atoms with E-state index in [4.69, 9.17) is 0 Å². The van der Waals surface area contributed by atoms with E-state index in [9.17, 15) is 26.4 Å². The van der Waals surface area contributed by atoms with Crippen LogP contribution in [0.1, 0.15) is 5.56 Å². The summed E-state index contributed by atoms with van der Waals surface area (Å²) in [4.78, 5) is 13.4. The number of hydrogen-bond acceptors (Lipinski definition) is 4. The van der Waals surface area contributed by atoms with Gasteiger partial charge in [0.1, 0.15) is 0 Å². The zero-order chi connectivity index (χ0) is 20.5. The summed E-state index contributed by atoms with van der Waals surface area (Å²) in [6.45, 7) is 0. The Bertz CT molecular complexity index is 1180. The molecule has 0 atom stereocenters. The van der Waals surface area contributed by atoms with E-state index in [0.29, 0.717) is 17.0 Å². The molecule has 0 fully saturated rings. The van der Waals surface area contributed by atoms with Crippen molar-refractivity contribution in [3.63, 3.8) is 0 Å². The lowest BCUT2D eigenvalue weighted by atomic mass is 10.0. The minimum Gasteiger partial charge on any atom is -0.450 e. The largest absolute Gasteiger partial charge is 0.452 e. The molecule has 3 rings (SSSR count). The molecule has 0 unspecified atom stereocenters. The molecule has 0 radical (unpaired) electrons. The van der Waals surface area contributed by atoms with E-state index in [1.54, 1.807) is 24.3 Å². The second kappa shape index (κ2) is 7.08. The first-order valence-corrected chi connectivity index (χ1v) is 9.11. The molecule has 1 heterocycles. The van der Waals surface area contributed by atoms with Crippen molar-refractivity contribution < 1.29 is 31.1 Å². The summed E-state index contributed by atoms with van der Waals surface area (Å²) in [6, 6.07) is 8.83. The topological polar surface area (TPSA) is 101 Å². The number of benzene rings is 2. The first kappa shape index (κ1) is 19.5. The molecule has 0 aliphatic heterocycles. The number of aromatic nitrogens is 1. The normalized spacial score (nSPS) is 12.6.